The number of hydrogen-bond acceptors (Lipinski definition) is 4. The van der Waals surface area contributed by atoms with Crippen LogP contribution < -0.4 is 15.4 Å². The Bertz CT molecular complexity index is 1030. The summed E-state index contributed by atoms with van der Waals surface area (Å²) >= 11 is 0. The van der Waals surface area contributed by atoms with Gasteiger partial charge in [-0.05, 0) is 60.5 Å². The molecule has 0 bridgehead atoms. The molecule has 0 heterocycles. The number of amides is 2. The first-order valence-electron chi connectivity index (χ1n) is 9.69. The monoisotopic (exact) mass is 404 g/mol. The van der Waals surface area contributed by atoms with Gasteiger partial charge in [0.2, 0.25) is 0 Å². The molecule has 2 amide bonds. The number of hydrogen-bond donors (Lipinski definition) is 3. The second-order valence-electron chi connectivity index (χ2n) is 6.81. The zero-order valence-corrected chi connectivity index (χ0v) is 16.9. The van der Waals surface area contributed by atoms with Crippen LogP contribution in [0, 0.1) is 0 Å². The van der Waals surface area contributed by atoms with E-state index in [0.717, 1.165) is 12.8 Å². The largest absolute Gasteiger partial charge is 0.508 e. The number of carbonyl (C=O) groups excluding carboxylic acids is 2. The smallest absolute Gasteiger partial charge is 0.255 e. The van der Waals surface area contributed by atoms with Crippen molar-refractivity contribution >= 4 is 23.2 Å². The summed E-state index contributed by atoms with van der Waals surface area (Å²) in [4.78, 5) is 25.2. The van der Waals surface area contributed by atoms with Gasteiger partial charge in [-0.1, -0.05) is 25.5 Å². The van der Waals surface area contributed by atoms with E-state index in [9.17, 15) is 14.7 Å². The molecule has 30 heavy (non-hydrogen) atoms. The normalized spacial score (nSPS) is 10.3. The number of benzene rings is 3. The van der Waals surface area contributed by atoms with Gasteiger partial charge >= 0.3 is 0 Å². The van der Waals surface area contributed by atoms with Crippen molar-refractivity contribution < 1.29 is 19.4 Å². The fraction of sp³-hybridized carbons (Fsp3) is 0.167. The Balaban J connectivity index is 1.77. The Labute approximate surface area is 175 Å². The van der Waals surface area contributed by atoms with Gasteiger partial charge in [-0.3, -0.25) is 9.59 Å². The van der Waals surface area contributed by atoms with Crippen LogP contribution >= 0.6 is 0 Å². The molecule has 0 aliphatic rings. The number of phenolic OH excluding ortho intramolecular Hbond substituents is 1. The fourth-order valence-corrected chi connectivity index (χ4v) is 2.99. The summed E-state index contributed by atoms with van der Waals surface area (Å²) in [5.41, 5.74) is 2.78. The summed E-state index contributed by atoms with van der Waals surface area (Å²) in [6.45, 7) is 2.10. The minimum Gasteiger partial charge on any atom is -0.508 e. The van der Waals surface area contributed by atoms with Crippen molar-refractivity contribution in [1.29, 1.82) is 0 Å². The second kappa shape index (κ2) is 9.60. The van der Waals surface area contributed by atoms with Crippen LogP contribution in [0.25, 0.3) is 0 Å². The maximum Gasteiger partial charge on any atom is 0.255 e. The van der Waals surface area contributed by atoms with Crippen LogP contribution in [-0.2, 0) is 6.42 Å². The Morgan fingerprint density at radius 1 is 0.833 bits per heavy atom. The molecular weight excluding hydrogens is 380 g/mol. The first-order valence-corrected chi connectivity index (χ1v) is 9.69. The topological polar surface area (TPSA) is 87.7 Å². The molecule has 0 aromatic heterocycles. The molecule has 0 atom stereocenters. The van der Waals surface area contributed by atoms with E-state index >= 15 is 0 Å². The fourth-order valence-electron chi connectivity index (χ4n) is 2.99. The first kappa shape index (κ1) is 20.9. The van der Waals surface area contributed by atoms with E-state index in [1.807, 2.05) is 12.1 Å². The zero-order chi connectivity index (χ0) is 21.5. The minimum absolute atomic E-state index is 0.0222. The van der Waals surface area contributed by atoms with Crippen molar-refractivity contribution in [3.05, 3.63) is 83.4 Å². The maximum atomic E-state index is 12.7. The summed E-state index contributed by atoms with van der Waals surface area (Å²) in [6.07, 6.45) is 1.99. The van der Waals surface area contributed by atoms with Crippen LogP contribution in [0.15, 0.2) is 66.7 Å². The number of carbonyl (C=O) groups is 2. The standard InChI is InChI=1S/C24H24N2O4/c1-3-4-16-5-7-17(8-6-16)24(29)26-22-15-19(27)11-14-21(22)25-23(28)18-9-12-20(30-2)13-10-18/h5-15,27H,3-4H2,1-2H3,(H,25,28)(H,26,29). The molecule has 3 aromatic carbocycles. The summed E-state index contributed by atoms with van der Waals surface area (Å²) in [5.74, 6) is -0.0495. The van der Waals surface area contributed by atoms with Gasteiger partial charge in [0.1, 0.15) is 11.5 Å². The maximum absolute atomic E-state index is 12.7. The van der Waals surface area contributed by atoms with Gasteiger partial charge < -0.3 is 20.5 Å². The lowest BCUT2D eigenvalue weighted by Gasteiger charge is -2.13. The van der Waals surface area contributed by atoms with Crippen molar-refractivity contribution in [2.24, 2.45) is 0 Å². The minimum atomic E-state index is -0.345. The van der Waals surface area contributed by atoms with Crippen LogP contribution in [0.4, 0.5) is 11.4 Å². The van der Waals surface area contributed by atoms with E-state index in [0.29, 0.717) is 28.3 Å². The molecule has 3 aromatic rings. The average molecular weight is 404 g/mol. The highest BCUT2D eigenvalue weighted by atomic mass is 16.5. The quantitative estimate of drug-likeness (QED) is 0.491. The number of anilines is 2. The third-order valence-electron chi connectivity index (χ3n) is 4.61. The number of phenols is 1. The molecule has 0 saturated carbocycles. The second-order valence-corrected chi connectivity index (χ2v) is 6.81. The number of ether oxygens (including phenoxy) is 1. The molecule has 6 nitrogen and oxygen atoms in total. The molecule has 3 N–H and O–H groups in total. The number of rotatable bonds is 7. The number of aryl methyl sites for hydroxylation is 1. The van der Waals surface area contributed by atoms with E-state index in [-0.39, 0.29) is 17.6 Å². The zero-order valence-electron chi connectivity index (χ0n) is 16.9. The lowest BCUT2D eigenvalue weighted by Crippen LogP contribution is -2.16. The van der Waals surface area contributed by atoms with Gasteiger partial charge in [-0.25, -0.2) is 0 Å². The van der Waals surface area contributed by atoms with E-state index in [1.54, 1.807) is 43.5 Å². The Hall–Kier alpha value is -3.80. The summed E-state index contributed by atoms with van der Waals surface area (Å²) < 4.78 is 5.10. The van der Waals surface area contributed by atoms with Crippen molar-refractivity contribution in [2.45, 2.75) is 19.8 Å². The van der Waals surface area contributed by atoms with Crippen molar-refractivity contribution in [1.82, 2.24) is 0 Å². The molecule has 154 valence electrons. The predicted octanol–water partition coefficient (Wildman–Crippen LogP) is 4.86. The summed E-state index contributed by atoms with van der Waals surface area (Å²) in [6, 6.07) is 18.4. The third-order valence-corrected chi connectivity index (χ3v) is 4.61. The van der Waals surface area contributed by atoms with Gasteiger partial charge in [0.05, 0.1) is 18.5 Å². The molecule has 0 saturated heterocycles. The predicted molar refractivity (Wildman–Crippen MR) is 117 cm³/mol. The first-order chi connectivity index (χ1) is 14.5. The number of methoxy groups -OCH3 is 1. The SMILES string of the molecule is CCCc1ccc(C(=O)Nc2cc(O)ccc2NC(=O)c2ccc(OC)cc2)cc1. The molecule has 0 radical (unpaired) electrons. The van der Waals surface area contributed by atoms with E-state index in [1.165, 1.54) is 23.8 Å². The van der Waals surface area contributed by atoms with E-state index < -0.39 is 0 Å². The Morgan fingerprint density at radius 3 is 1.97 bits per heavy atom. The molecule has 3 rings (SSSR count). The van der Waals surface area contributed by atoms with Crippen molar-refractivity contribution in [3.63, 3.8) is 0 Å². The highest BCUT2D eigenvalue weighted by Crippen LogP contribution is 2.28. The Morgan fingerprint density at radius 2 is 1.40 bits per heavy atom. The van der Waals surface area contributed by atoms with E-state index in [2.05, 4.69) is 17.6 Å². The van der Waals surface area contributed by atoms with Crippen molar-refractivity contribution in [2.75, 3.05) is 17.7 Å². The van der Waals surface area contributed by atoms with Crippen LogP contribution in [-0.4, -0.2) is 24.0 Å². The van der Waals surface area contributed by atoms with Gasteiger partial charge in [0.25, 0.3) is 11.8 Å². The van der Waals surface area contributed by atoms with Gasteiger partial charge in [-0.2, -0.15) is 0 Å². The van der Waals surface area contributed by atoms with Crippen LogP contribution in [0.3, 0.4) is 0 Å². The molecule has 0 fully saturated rings. The molecule has 0 spiro atoms. The highest BCUT2D eigenvalue weighted by Gasteiger charge is 2.13. The van der Waals surface area contributed by atoms with Crippen LogP contribution in [0.2, 0.25) is 0 Å². The molecule has 0 aliphatic carbocycles. The third kappa shape index (κ3) is 5.17. The van der Waals surface area contributed by atoms with E-state index in [4.69, 9.17) is 4.74 Å². The summed E-state index contributed by atoms with van der Waals surface area (Å²) in [5, 5.41) is 15.4. The molecule has 0 unspecified atom stereocenters. The lowest BCUT2D eigenvalue weighted by atomic mass is 10.1. The average Bonchev–Trinajstić information content (AvgIpc) is 2.76. The number of aromatic hydroxyl groups is 1. The van der Waals surface area contributed by atoms with Crippen molar-refractivity contribution in [3.8, 4) is 11.5 Å². The lowest BCUT2D eigenvalue weighted by molar-refractivity contribution is 0.101. The van der Waals surface area contributed by atoms with Gasteiger partial charge in [0.15, 0.2) is 0 Å². The molecule has 6 heteroatoms. The van der Waals surface area contributed by atoms with Gasteiger partial charge in [0, 0.05) is 17.2 Å². The van der Waals surface area contributed by atoms with Gasteiger partial charge in [-0.15, -0.1) is 0 Å². The highest BCUT2D eigenvalue weighted by molar-refractivity contribution is 6.10. The summed E-state index contributed by atoms with van der Waals surface area (Å²) in [7, 11) is 1.55. The van der Waals surface area contributed by atoms with Crippen LogP contribution in [0.5, 0.6) is 11.5 Å². The Kier molecular flexibility index (Phi) is 6.70. The molecular formula is C24H24N2O4. The number of nitrogens with one attached hydrogen (secondary N) is 2. The van der Waals surface area contributed by atoms with Crippen LogP contribution in [0.1, 0.15) is 39.6 Å². The molecule has 0 aliphatic heterocycles.